The second-order valence-electron chi connectivity index (χ2n) is 3.45. The number of hydrogen-bond donors (Lipinski definition) is 0. The first-order chi connectivity index (χ1) is 5.32. The van der Waals surface area contributed by atoms with Gasteiger partial charge in [0.2, 0.25) is 0 Å². The molecule has 0 amide bonds. The second-order valence-corrected chi connectivity index (χ2v) is 3.45. The van der Waals surface area contributed by atoms with Crippen molar-refractivity contribution in [3.63, 3.8) is 0 Å². The maximum absolute atomic E-state index is 11.5. The van der Waals surface area contributed by atoms with Gasteiger partial charge >= 0.3 is 0 Å². The summed E-state index contributed by atoms with van der Waals surface area (Å²) in [6, 6.07) is 0. The Labute approximate surface area is 63.4 Å². The highest BCUT2D eigenvalue weighted by Crippen LogP contribution is 2.55. The van der Waals surface area contributed by atoms with Crippen LogP contribution in [0.1, 0.15) is 29.0 Å². The summed E-state index contributed by atoms with van der Waals surface area (Å²) < 4.78 is 4.95. The van der Waals surface area contributed by atoms with Crippen LogP contribution in [-0.4, -0.2) is 10.9 Å². The van der Waals surface area contributed by atoms with E-state index in [0.717, 1.165) is 30.6 Å². The lowest BCUT2D eigenvalue weighted by atomic mass is 10.0. The Morgan fingerprint density at radius 1 is 1.55 bits per heavy atom. The molecule has 2 aliphatic carbocycles. The molecule has 11 heavy (non-hydrogen) atoms. The van der Waals surface area contributed by atoms with Crippen molar-refractivity contribution in [1.29, 1.82) is 0 Å². The zero-order valence-electron chi connectivity index (χ0n) is 5.96. The normalized spacial score (nSPS) is 24.2. The minimum atomic E-state index is -0.0306. The molecule has 1 heterocycles. The summed E-state index contributed by atoms with van der Waals surface area (Å²) in [5.41, 5.74) is 0.694. The number of carbonyl (C=O) groups is 1. The maximum atomic E-state index is 11.5. The minimum absolute atomic E-state index is 0.0306. The summed E-state index contributed by atoms with van der Waals surface area (Å²) in [7, 11) is 0. The third-order valence-corrected chi connectivity index (χ3v) is 2.72. The molecule has 1 aromatic heterocycles. The number of ketones is 1. The largest absolute Gasteiger partial charge is 0.361 e. The lowest BCUT2D eigenvalue weighted by molar-refractivity contribution is 0.0917. The van der Waals surface area contributed by atoms with Crippen LogP contribution in [0.15, 0.2) is 10.7 Å². The van der Waals surface area contributed by atoms with Crippen LogP contribution in [0.5, 0.6) is 0 Å². The van der Waals surface area contributed by atoms with Crippen molar-refractivity contribution in [2.75, 3.05) is 0 Å². The minimum Gasteiger partial charge on any atom is -0.361 e. The van der Waals surface area contributed by atoms with Gasteiger partial charge in [-0.2, -0.15) is 0 Å². The van der Waals surface area contributed by atoms with Gasteiger partial charge in [-0.05, 0) is 12.8 Å². The molecule has 0 aliphatic heterocycles. The Morgan fingerprint density at radius 2 is 2.36 bits per heavy atom. The lowest BCUT2D eigenvalue weighted by Gasteiger charge is -1.98. The molecule has 0 aromatic carbocycles. The van der Waals surface area contributed by atoms with Gasteiger partial charge in [-0.3, -0.25) is 4.79 Å². The first-order valence-electron chi connectivity index (χ1n) is 3.80. The van der Waals surface area contributed by atoms with Crippen LogP contribution in [0, 0.1) is 5.41 Å². The van der Waals surface area contributed by atoms with E-state index < -0.39 is 0 Å². The monoisotopic (exact) mass is 149 g/mol. The zero-order chi connectivity index (χ0) is 7.47. The Morgan fingerprint density at radius 3 is 3.00 bits per heavy atom. The molecule has 0 N–H and O–H groups in total. The van der Waals surface area contributed by atoms with Crippen LogP contribution in [0.4, 0.5) is 0 Å². The van der Waals surface area contributed by atoms with Crippen molar-refractivity contribution in [1.82, 2.24) is 5.16 Å². The second kappa shape index (κ2) is 1.40. The number of hydrogen-bond acceptors (Lipinski definition) is 3. The van der Waals surface area contributed by atoms with Crippen molar-refractivity contribution in [2.24, 2.45) is 5.41 Å². The molecule has 0 radical (unpaired) electrons. The van der Waals surface area contributed by atoms with E-state index in [2.05, 4.69) is 5.16 Å². The van der Waals surface area contributed by atoms with Gasteiger partial charge in [-0.1, -0.05) is 5.16 Å². The predicted molar refractivity (Wildman–Crippen MR) is 36.2 cm³/mol. The molecule has 0 unspecified atom stereocenters. The molecule has 0 bridgehead atoms. The molecule has 0 saturated heterocycles. The molecule has 3 heteroatoms. The maximum Gasteiger partial charge on any atom is 0.174 e. The lowest BCUT2D eigenvalue weighted by Crippen LogP contribution is -2.08. The van der Waals surface area contributed by atoms with Gasteiger partial charge in [0.15, 0.2) is 5.78 Å². The van der Waals surface area contributed by atoms with Crippen molar-refractivity contribution in [3.8, 4) is 0 Å². The van der Waals surface area contributed by atoms with Crippen molar-refractivity contribution in [3.05, 3.63) is 17.5 Å². The molecule has 1 spiro atoms. The average molecular weight is 149 g/mol. The van der Waals surface area contributed by atoms with E-state index in [1.54, 1.807) is 6.20 Å². The van der Waals surface area contributed by atoms with Gasteiger partial charge in [-0.25, -0.2) is 0 Å². The van der Waals surface area contributed by atoms with Crippen molar-refractivity contribution in [2.45, 2.75) is 19.3 Å². The summed E-state index contributed by atoms with van der Waals surface area (Å²) in [5, 5.41) is 3.59. The van der Waals surface area contributed by atoms with Crippen LogP contribution >= 0.6 is 0 Å². The summed E-state index contributed by atoms with van der Waals surface area (Å²) in [6.45, 7) is 0. The average Bonchev–Trinajstić information content (AvgIpc) is 2.53. The quantitative estimate of drug-likeness (QED) is 0.556. The zero-order valence-corrected chi connectivity index (χ0v) is 5.96. The number of carbonyl (C=O) groups excluding carboxylic acids is 1. The first-order valence-corrected chi connectivity index (χ1v) is 3.80. The highest BCUT2D eigenvalue weighted by molar-refractivity contribution is 6.05. The fraction of sp³-hybridized carbons (Fsp3) is 0.500. The predicted octanol–water partition coefficient (Wildman–Crippen LogP) is 1.19. The van der Waals surface area contributed by atoms with Gasteiger partial charge in [0.25, 0.3) is 0 Å². The fourth-order valence-corrected chi connectivity index (χ4v) is 1.80. The van der Waals surface area contributed by atoms with Crippen LogP contribution in [0.2, 0.25) is 0 Å². The molecule has 56 valence electrons. The number of aromatic nitrogens is 1. The van der Waals surface area contributed by atoms with E-state index in [4.69, 9.17) is 4.52 Å². The molecule has 1 aromatic rings. The van der Waals surface area contributed by atoms with Gasteiger partial charge in [0, 0.05) is 11.8 Å². The van der Waals surface area contributed by atoms with E-state index in [1.807, 2.05) is 0 Å². The molecule has 3 rings (SSSR count). The highest BCUT2D eigenvalue weighted by atomic mass is 16.5. The topological polar surface area (TPSA) is 43.1 Å². The van der Waals surface area contributed by atoms with E-state index in [0.29, 0.717) is 0 Å². The summed E-state index contributed by atoms with van der Waals surface area (Å²) in [5.74, 6) is 1.06. The first kappa shape index (κ1) is 5.52. The van der Waals surface area contributed by atoms with E-state index in [-0.39, 0.29) is 11.2 Å². The Balaban J connectivity index is 2.19. The standard InChI is InChI=1S/C8H7NO2/c10-7-5-4-9-11-6(5)3-8(7)1-2-8/h4H,1-3H2. The van der Waals surface area contributed by atoms with E-state index >= 15 is 0 Å². The van der Waals surface area contributed by atoms with Crippen LogP contribution < -0.4 is 0 Å². The van der Waals surface area contributed by atoms with E-state index in [1.165, 1.54) is 0 Å². The van der Waals surface area contributed by atoms with Crippen LogP contribution in [-0.2, 0) is 6.42 Å². The molecular formula is C8H7NO2. The summed E-state index contributed by atoms with van der Waals surface area (Å²) in [4.78, 5) is 11.5. The molecule has 0 atom stereocenters. The van der Waals surface area contributed by atoms with E-state index in [9.17, 15) is 4.79 Å². The Kier molecular flexibility index (Phi) is 0.700. The Hall–Kier alpha value is -1.12. The number of rotatable bonds is 0. The third kappa shape index (κ3) is 0.504. The molecule has 3 nitrogen and oxygen atoms in total. The third-order valence-electron chi connectivity index (χ3n) is 2.72. The van der Waals surface area contributed by atoms with Crippen LogP contribution in [0.25, 0.3) is 0 Å². The van der Waals surface area contributed by atoms with Gasteiger partial charge < -0.3 is 4.52 Å². The molecule has 1 fully saturated rings. The van der Waals surface area contributed by atoms with Crippen molar-refractivity contribution >= 4 is 5.78 Å². The molecule has 1 saturated carbocycles. The fourth-order valence-electron chi connectivity index (χ4n) is 1.80. The van der Waals surface area contributed by atoms with Gasteiger partial charge in [-0.15, -0.1) is 0 Å². The number of nitrogens with zero attached hydrogens (tertiary/aromatic N) is 1. The number of Topliss-reactive ketones (excluding diaryl/α,β-unsaturated/α-hetero) is 1. The SMILES string of the molecule is O=C1c2cnoc2CC12CC2. The molecule has 2 aliphatic rings. The van der Waals surface area contributed by atoms with Crippen LogP contribution in [0.3, 0.4) is 0 Å². The van der Waals surface area contributed by atoms with Crippen molar-refractivity contribution < 1.29 is 9.32 Å². The molecular weight excluding hydrogens is 142 g/mol. The summed E-state index contributed by atoms with van der Waals surface area (Å²) in [6.07, 6.45) is 4.41. The van der Waals surface area contributed by atoms with Gasteiger partial charge in [0.05, 0.1) is 11.8 Å². The Bertz CT molecular complexity index is 336. The smallest absolute Gasteiger partial charge is 0.174 e. The van der Waals surface area contributed by atoms with Gasteiger partial charge in [0.1, 0.15) is 5.76 Å². The number of fused-ring (bicyclic) bond motifs is 1. The highest BCUT2D eigenvalue weighted by Gasteiger charge is 2.56. The summed E-state index contributed by atoms with van der Waals surface area (Å²) >= 11 is 0.